The number of fused-ring (bicyclic) bond motifs is 5. The predicted octanol–water partition coefficient (Wildman–Crippen LogP) is 2.59. The maximum atomic E-state index is 13.2. The van der Waals surface area contributed by atoms with E-state index >= 15 is 0 Å². The third-order valence-corrected chi connectivity index (χ3v) is 5.88. The van der Waals surface area contributed by atoms with Gasteiger partial charge in [0.05, 0.1) is 6.04 Å². The average Bonchev–Trinajstić information content (AvgIpc) is 2.82. The Balaban J connectivity index is 1.80. The number of aromatic nitrogens is 2. The van der Waals surface area contributed by atoms with Crippen LogP contribution in [0, 0.1) is 0 Å². The molecule has 7 nitrogen and oxygen atoms in total. The van der Waals surface area contributed by atoms with Gasteiger partial charge in [0.1, 0.15) is 6.67 Å². The quantitative estimate of drug-likeness (QED) is 0.620. The van der Waals surface area contributed by atoms with Crippen LogP contribution in [-0.2, 0) is 6.42 Å². The van der Waals surface area contributed by atoms with E-state index in [-0.39, 0.29) is 17.6 Å². The van der Waals surface area contributed by atoms with Crippen molar-refractivity contribution in [1.82, 2.24) is 14.6 Å². The molecule has 156 valence electrons. The average molecular weight is 414 g/mol. The molecular formula is C24H22N4O3. The van der Waals surface area contributed by atoms with Crippen molar-refractivity contribution in [3.8, 4) is 5.75 Å². The first kappa shape index (κ1) is 19.1. The van der Waals surface area contributed by atoms with Crippen molar-refractivity contribution in [2.45, 2.75) is 18.9 Å². The molecular weight excluding hydrogens is 392 g/mol. The molecule has 0 spiro atoms. The number of rotatable bonds is 1. The van der Waals surface area contributed by atoms with Crippen molar-refractivity contribution in [3.63, 3.8) is 0 Å². The lowest BCUT2D eigenvalue weighted by molar-refractivity contribution is 0.0701. The summed E-state index contributed by atoms with van der Waals surface area (Å²) in [5, 5.41) is 12.5. The van der Waals surface area contributed by atoms with Crippen molar-refractivity contribution < 1.29 is 9.90 Å². The highest BCUT2D eigenvalue weighted by atomic mass is 16.3. The van der Waals surface area contributed by atoms with Crippen LogP contribution in [0.1, 0.15) is 39.6 Å². The van der Waals surface area contributed by atoms with Crippen LogP contribution in [0.3, 0.4) is 0 Å². The number of benzene rings is 1. The van der Waals surface area contributed by atoms with E-state index in [9.17, 15) is 14.7 Å². The molecule has 3 aromatic rings. The van der Waals surface area contributed by atoms with Crippen molar-refractivity contribution in [2.75, 3.05) is 18.2 Å². The fraction of sp³-hybridized carbons (Fsp3) is 0.208. The van der Waals surface area contributed by atoms with Crippen molar-refractivity contribution >= 4 is 5.91 Å². The molecule has 1 atom stereocenters. The first-order valence-corrected chi connectivity index (χ1v) is 10.3. The Hall–Kier alpha value is -3.87. The van der Waals surface area contributed by atoms with E-state index in [1.54, 1.807) is 28.2 Å². The Morgan fingerprint density at radius 2 is 1.81 bits per heavy atom. The molecule has 0 radical (unpaired) electrons. The third-order valence-electron chi connectivity index (χ3n) is 5.88. The minimum atomic E-state index is -0.567. The topological polar surface area (TPSA) is 78.7 Å². The summed E-state index contributed by atoms with van der Waals surface area (Å²) in [6, 6.07) is 13.3. The molecule has 31 heavy (non-hydrogen) atoms. The molecule has 0 unspecified atom stereocenters. The van der Waals surface area contributed by atoms with E-state index in [0.29, 0.717) is 13.2 Å². The number of carbonyl (C=O) groups excluding carboxylic acids is 1. The second kappa shape index (κ2) is 7.75. The third kappa shape index (κ3) is 3.28. The van der Waals surface area contributed by atoms with E-state index in [2.05, 4.69) is 23.2 Å². The molecule has 2 aromatic heterocycles. The summed E-state index contributed by atoms with van der Waals surface area (Å²) in [6.45, 7) is 0.705. The summed E-state index contributed by atoms with van der Waals surface area (Å²) in [4.78, 5) is 31.2. The number of hydrogen-bond acceptors (Lipinski definition) is 5. The zero-order chi connectivity index (χ0) is 21.4. The molecule has 4 heterocycles. The Kier molecular flexibility index (Phi) is 4.78. The van der Waals surface area contributed by atoms with Gasteiger partial charge < -0.3 is 10.0 Å². The molecule has 7 heteroatoms. The lowest BCUT2D eigenvalue weighted by Crippen LogP contribution is -2.55. The smallest absolute Gasteiger partial charge is 0.278 e. The highest BCUT2D eigenvalue weighted by Crippen LogP contribution is 2.34. The molecule has 1 amide bonds. The summed E-state index contributed by atoms with van der Waals surface area (Å²) in [5.74, 6) is -0.889. The number of pyridine rings is 2. The maximum Gasteiger partial charge on any atom is 0.278 e. The van der Waals surface area contributed by atoms with Crippen molar-refractivity contribution in [1.29, 1.82) is 0 Å². The van der Waals surface area contributed by atoms with Gasteiger partial charge in [-0.25, -0.2) is 0 Å². The molecule has 0 fully saturated rings. The second-order valence-corrected chi connectivity index (χ2v) is 7.72. The van der Waals surface area contributed by atoms with Gasteiger partial charge in [0.2, 0.25) is 5.43 Å². The van der Waals surface area contributed by atoms with Gasteiger partial charge in [0.15, 0.2) is 11.4 Å². The van der Waals surface area contributed by atoms with Crippen LogP contribution in [0.5, 0.6) is 5.75 Å². The van der Waals surface area contributed by atoms with Crippen molar-refractivity contribution in [2.24, 2.45) is 0 Å². The van der Waals surface area contributed by atoms with Gasteiger partial charge in [-0.1, -0.05) is 36.4 Å². The molecule has 1 aromatic carbocycles. The lowest BCUT2D eigenvalue weighted by atomic mass is 9.92. The maximum absolute atomic E-state index is 13.2. The Morgan fingerprint density at radius 1 is 1.00 bits per heavy atom. The molecule has 0 saturated heterocycles. The minimum Gasteiger partial charge on any atom is -0.502 e. The normalized spacial score (nSPS) is 19.2. The Labute approximate surface area is 179 Å². The molecule has 5 rings (SSSR count). The standard InChI is InChI=1S/C24H22N4O3/c29-20-11-15-27-22(23(20)30)24(31)26-14-5-1-2-6-17-7-3-4-8-19(17)21(28(27)16-26)18-9-12-25-13-10-18/h1,3-5,7-13,15,21,30H,2,6,14,16H2/b5-1-/t21-/m1/s1. The molecule has 0 saturated carbocycles. The highest BCUT2D eigenvalue weighted by Gasteiger charge is 2.36. The van der Waals surface area contributed by atoms with Crippen LogP contribution in [-0.4, -0.2) is 38.8 Å². The zero-order valence-corrected chi connectivity index (χ0v) is 16.9. The number of allylic oxidation sites excluding steroid dienone is 1. The van der Waals surface area contributed by atoms with Gasteiger partial charge in [-0.3, -0.25) is 24.3 Å². The van der Waals surface area contributed by atoms with E-state index in [4.69, 9.17) is 0 Å². The van der Waals surface area contributed by atoms with E-state index in [0.717, 1.165) is 24.0 Å². The first-order valence-electron chi connectivity index (χ1n) is 10.3. The van der Waals surface area contributed by atoms with E-state index in [1.165, 1.54) is 11.6 Å². The summed E-state index contributed by atoms with van der Waals surface area (Å²) in [5.41, 5.74) is 2.76. The lowest BCUT2D eigenvalue weighted by Gasteiger charge is -2.44. The van der Waals surface area contributed by atoms with Gasteiger partial charge >= 0.3 is 0 Å². The molecule has 1 N–H and O–H groups in total. The number of amides is 1. The van der Waals surface area contributed by atoms with Gasteiger partial charge in [-0.2, -0.15) is 0 Å². The van der Waals surface area contributed by atoms with Crippen LogP contribution in [0.2, 0.25) is 0 Å². The van der Waals surface area contributed by atoms with Gasteiger partial charge in [0, 0.05) is 31.2 Å². The SMILES string of the molecule is O=C1c2c(O)c(=O)ccn2N2CN1C/C=C\CCc1ccccc1[C@H]2c1ccncc1. The number of hydrogen-bond donors (Lipinski definition) is 1. The molecule has 2 bridgehead atoms. The Morgan fingerprint density at radius 3 is 2.65 bits per heavy atom. The number of aryl methyl sites for hydroxylation is 1. The number of nitrogens with zero attached hydrogens (tertiary/aromatic N) is 4. The van der Waals surface area contributed by atoms with E-state index in [1.807, 2.05) is 35.4 Å². The van der Waals surface area contributed by atoms with Crippen molar-refractivity contribution in [3.05, 3.63) is 106 Å². The van der Waals surface area contributed by atoms with Gasteiger partial charge in [0.25, 0.3) is 5.91 Å². The summed E-state index contributed by atoms with van der Waals surface area (Å²) >= 11 is 0. The molecule has 0 aliphatic carbocycles. The zero-order valence-electron chi connectivity index (χ0n) is 16.9. The van der Waals surface area contributed by atoms with Crippen LogP contribution in [0.15, 0.2) is 78.0 Å². The summed E-state index contributed by atoms with van der Waals surface area (Å²) < 4.78 is 1.62. The van der Waals surface area contributed by atoms with Crippen LogP contribution < -0.4 is 10.4 Å². The predicted molar refractivity (Wildman–Crippen MR) is 116 cm³/mol. The second-order valence-electron chi connectivity index (χ2n) is 7.72. The summed E-state index contributed by atoms with van der Waals surface area (Å²) in [6.07, 6.45) is 10.9. The van der Waals surface area contributed by atoms with Gasteiger partial charge in [-0.05, 0) is 41.7 Å². The highest BCUT2D eigenvalue weighted by molar-refractivity contribution is 5.96. The van der Waals surface area contributed by atoms with Crippen LogP contribution >= 0.6 is 0 Å². The van der Waals surface area contributed by atoms with Gasteiger partial charge in [-0.15, -0.1) is 0 Å². The van der Waals surface area contributed by atoms with Crippen LogP contribution in [0.4, 0.5) is 0 Å². The fourth-order valence-corrected chi connectivity index (χ4v) is 4.38. The van der Waals surface area contributed by atoms with Crippen LogP contribution in [0.25, 0.3) is 0 Å². The monoisotopic (exact) mass is 414 g/mol. The summed E-state index contributed by atoms with van der Waals surface area (Å²) in [7, 11) is 0. The largest absolute Gasteiger partial charge is 0.502 e. The minimum absolute atomic E-state index is 0.0112. The fourth-order valence-electron chi connectivity index (χ4n) is 4.38. The Bertz CT molecular complexity index is 1220. The molecule has 2 aliphatic rings. The number of carbonyl (C=O) groups is 1. The first-order chi connectivity index (χ1) is 15.1. The molecule has 2 aliphatic heterocycles. The van der Waals surface area contributed by atoms with E-state index < -0.39 is 11.2 Å². The number of aromatic hydroxyl groups is 1.